The molecule has 0 amide bonds. The standard InChI is InChI=1S/C22H24BrNO5.C20H22BrNO10S2.C11H10O4.C7H5BrO2.C4H11NO/c1-3-24(15-18-14-19(23)7-10-21(18)26)12-13-28-22(27)11-6-17-4-8-20(9-5-17)29-16(2)25;1-2-22(14-16-13-17(21)6-9-19(16)32-34(27,28)29)11-12-30-20(23)10-5-15-3-7-18(8-4-15)31-33(24,25)26;1-8(12)15-10-5-2-9(3-6-10)4-7-11(13)14;8-6-1-2-7(10)5(3-6)4-9;1-2-5-3-4-6/h4-11,14,26H,3,12-13,15H2,1-2H3;3-10,13H,2,11-12,14H2,1H3,(H,24,25,26)(H,27,28,29);2-7H,1H3,(H,13,14);1-4,10H;5-6H,2-4H2,1H3/p-2/b11-6+;10-5+;7-4+;;. The number of likely N-dealkylation sites (N-methyl/N-ethyl adjacent to an activating group) is 3. The lowest BCUT2D eigenvalue weighted by atomic mass is 10.2. The number of hydrogen-bond acceptors (Lipinski definition) is 24. The Labute approximate surface area is 570 Å². The average Bonchev–Trinajstić information content (AvgIpc) is 0.985. The van der Waals surface area contributed by atoms with Gasteiger partial charge in [-0.1, -0.05) is 105 Å². The number of benzene rings is 6. The monoisotopic (exact) mass is 1530 g/mol. The number of aromatic hydroxyl groups is 2. The Hall–Kier alpha value is -8.14. The molecule has 0 spiro atoms. The van der Waals surface area contributed by atoms with E-state index in [0.717, 1.165) is 51.3 Å². The molecule has 0 fully saturated rings. The van der Waals surface area contributed by atoms with Crippen LogP contribution in [0.25, 0.3) is 18.2 Å². The smallest absolute Gasteiger partial charge is 0.330 e. The van der Waals surface area contributed by atoms with Crippen molar-refractivity contribution in [2.75, 3.05) is 59.1 Å². The van der Waals surface area contributed by atoms with Gasteiger partial charge in [-0.2, -0.15) is 0 Å². The van der Waals surface area contributed by atoms with Gasteiger partial charge in [0.1, 0.15) is 47.7 Å². The average molecular weight is 1540 g/mol. The van der Waals surface area contributed by atoms with Crippen LogP contribution in [0.4, 0.5) is 0 Å². The zero-order chi connectivity index (χ0) is 70.2. The molecule has 6 aromatic carbocycles. The summed E-state index contributed by atoms with van der Waals surface area (Å²) in [6.07, 6.45) is 8.72. The quantitative estimate of drug-likeness (QED) is 0.00580. The molecule has 30 heteroatoms. The van der Waals surface area contributed by atoms with Gasteiger partial charge in [-0.15, -0.1) is 0 Å². The highest BCUT2D eigenvalue weighted by molar-refractivity contribution is 9.11. The summed E-state index contributed by atoms with van der Waals surface area (Å²) in [5.41, 5.74) is 3.63. The second-order valence-electron chi connectivity index (χ2n) is 18.7. The molecule has 94 heavy (non-hydrogen) atoms. The number of ether oxygens (including phenoxy) is 4. The number of nitrogens with zero attached hydrogens (tertiary/aromatic N) is 2. The number of phenolic OH excluding ortho intramolecular Hbond substituents is 2. The third-order valence-corrected chi connectivity index (χ3v) is 13.8. The Morgan fingerprint density at radius 2 is 0.957 bits per heavy atom. The van der Waals surface area contributed by atoms with Crippen molar-refractivity contribution in [3.05, 3.63) is 192 Å². The van der Waals surface area contributed by atoms with Crippen LogP contribution in [0, 0.1) is 0 Å². The highest BCUT2D eigenvalue weighted by Crippen LogP contribution is 2.27. The van der Waals surface area contributed by atoms with Gasteiger partial charge >= 0.3 is 29.8 Å². The molecule has 508 valence electrons. The molecular weight excluding hydrogens is 1470 g/mol. The predicted octanol–water partition coefficient (Wildman–Crippen LogP) is 9.63. The number of carbonyl (C=O) groups excluding carboxylic acids is 5. The Morgan fingerprint density at radius 1 is 0.553 bits per heavy atom. The largest absolute Gasteiger partial charge is 0.716 e. The van der Waals surface area contributed by atoms with E-state index in [1.807, 2.05) is 31.7 Å². The van der Waals surface area contributed by atoms with E-state index in [1.165, 1.54) is 74.5 Å². The molecule has 25 nitrogen and oxygen atoms in total. The third-order valence-electron chi connectivity index (χ3n) is 11.5. The Bertz CT molecular complexity index is 3700. The van der Waals surface area contributed by atoms with Gasteiger partial charge in [-0.3, -0.25) is 24.2 Å². The summed E-state index contributed by atoms with van der Waals surface area (Å²) in [7, 11) is -9.80. The van der Waals surface area contributed by atoms with Crippen LogP contribution >= 0.6 is 47.8 Å². The first-order valence-corrected chi connectivity index (χ1v) is 33.0. The fourth-order valence-electron chi connectivity index (χ4n) is 7.12. The van der Waals surface area contributed by atoms with Crippen LogP contribution < -0.4 is 23.2 Å². The van der Waals surface area contributed by atoms with Gasteiger partial charge in [0.15, 0.2) is 6.29 Å². The Morgan fingerprint density at radius 3 is 1.34 bits per heavy atom. The molecule has 0 unspecified atom stereocenters. The number of aliphatic hydroxyl groups excluding tert-OH is 1. The third kappa shape index (κ3) is 38.1. The van der Waals surface area contributed by atoms with E-state index >= 15 is 0 Å². The van der Waals surface area contributed by atoms with Crippen molar-refractivity contribution in [2.45, 2.75) is 47.7 Å². The maximum Gasteiger partial charge on any atom is 0.330 e. The van der Waals surface area contributed by atoms with Crippen molar-refractivity contribution in [1.82, 2.24) is 15.1 Å². The number of carbonyl (C=O) groups is 6. The van der Waals surface area contributed by atoms with Gasteiger partial charge in [0, 0.05) is 89.3 Å². The van der Waals surface area contributed by atoms with Crippen LogP contribution in [0.15, 0.2) is 159 Å². The number of carboxylic acid groups (broad SMARTS) is 1. The number of hydrogen-bond donors (Lipinski definition) is 5. The fraction of sp³-hybridized carbons (Fsp3) is 0.250. The van der Waals surface area contributed by atoms with Crippen molar-refractivity contribution in [1.29, 1.82) is 0 Å². The van der Waals surface area contributed by atoms with Gasteiger partial charge in [0.25, 0.3) is 20.8 Å². The topological polar surface area (TPSA) is 372 Å². The highest BCUT2D eigenvalue weighted by Gasteiger charge is 2.14. The lowest BCUT2D eigenvalue weighted by Crippen LogP contribution is -2.28. The first-order valence-electron chi connectivity index (χ1n) is 28.0. The normalized spacial score (nSPS) is 11.0. The molecule has 0 atom stereocenters. The number of carboxylic acids is 1. The number of phenols is 2. The number of rotatable bonds is 28. The molecule has 0 aliphatic heterocycles. The van der Waals surface area contributed by atoms with Crippen LogP contribution in [0.5, 0.6) is 34.5 Å². The zero-order valence-electron chi connectivity index (χ0n) is 51.4. The van der Waals surface area contributed by atoms with Gasteiger partial charge in [0.2, 0.25) is 0 Å². The first kappa shape index (κ1) is 82.0. The summed E-state index contributed by atoms with van der Waals surface area (Å²) in [6.45, 7) is 13.7. The number of esters is 4. The molecule has 0 saturated carbocycles. The molecule has 0 radical (unpaired) electrons. The number of aldehydes is 1. The molecule has 0 aliphatic carbocycles. The summed E-state index contributed by atoms with van der Waals surface area (Å²) in [4.78, 5) is 69.7. The van der Waals surface area contributed by atoms with Gasteiger partial charge in [-0.05, 0) is 146 Å². The van der Waals surface area contributed by atoms with Crippen molar-refractivity contribution in [3.63, 3.8) is 0 Å². The minimum absolute atomic E-state index is 0.0122. The van der Waals surface area contributed by atoms with Crippen LogP contribution in [0.1, 0.15) is 72.8 Å². The maximum absolute atomic E-state index is 12.0. The van der Waals surface area contributed by atoms with Gasteiger partial charge in [-0.25, -0.2) is 31.2 Å². The van der Waals surface area contributed by atoms with Crippen LogP contribution in [-0.2, 0) is 67.3 Å². The summed E-state index contributed by atoms with van der Waals surface area (Å²) < 4.78 is 95.8. The van der Waals surface area contributed by atoms with Crippen LogP contribution in [0.3, 0.4) is 0 Å². The van der Waals surface area contributed by atoms with Gasteiger partial charge in [0.05, 0.1) is 12.2 Å². The molecule has 6 rings (SSSR count). The van der Waals surface area contributed by atoms with E-state index in [4.69, 9.17) is 34.3 Å². The molecule has 0 bridgehead atoms. The van der Waals surface area contributed by atoms with E-state index in [1.54, 1.807) is 91.0 Å². The van der Waals surface area contributed by atoms with E-state index in [-0.39, 0.29) is 61.3 Å². The SMILES string of the molecule is CC(=O)Oc1ccc(/C=C/C(=O)O)cc1.CCN(CCOC(=O)/C=C/c1ccc(OC(C)=O)cc1)Cc1cc(Br)ccc1O.CCN(CCOC(=O)/C=C/c1ccc(OS(=O)(=O)[O-])cc1)Cc1cc(Br)ccc1OS(=O)(=O)[O-].CCNCCO.O=Cc1cc(Br)ccc1O. The van der Waals surface area contributed by atoms with Crippen molar-refractivity contribution >= 4 is 123 Å². The molecule has 5 N–H and O–H groups in total. The Kier molecular flexibility index (Phi) is 38.8. The molecule has 0 aliphatic rings. The summed E-state index contributed by atoms with van der Waals surface area (Å²) in [5, 5.41) is 38.4. The number of nitrogens with one attached hydrogen (secondary N) is 1. The van der Waals surface area contributed by atoms with E-state index in [0.29, 0.717) is 65.1 Å². The Balaban J connectivity index is 0.000000447. The minimum Gasteiger partial charge on any atom is -0.716 e. The number of aliphatic carboxylic acids is 1. The summed E-state index contributed by atoms with van der Waals surface area (Å²) in [6, 6.07) is 33.3. The zero-order valence-corrected chi connectivity index (χ0v) is 57.8. The van der Waals surface area contributed by atoms with Crippen LogP contribution in [-0.4, -0.2) is 151 Å². The van der Waals surface area contributed by atoms with Crippen LogP contribution in [0.2, 0.25) is 0 Å². The first-order chi connectivity index (χ1) is 44.4. The second-order valence-corrected chi connectivity index (χ2v) is 23.4. The second kappa shape index (κ2) is 44.5. The van der Waals surface area contributed by atoms with Crippen molar-refractivity contribution < 1.29 is 102 Å². The number of aliphatic hydroxyl groups is 1. The maximum atomic E-state index is 12.0. The van der Waals surface area contributed by atoms with E-state index in [9.17, 15) is 59.8 Å². The fourth-order valence-corrected chi connectivity index (χ4v) is 9.05. The molecule has 0 heterocycles. The van der Waals surface area contributed by atoms with Crippen molar-refractivity contribution in [3.8, 4) is 34.5 Å². The minimum atomic E-state index is -4.93. The highest BCUT2D eigenvalue weighted by atomic mass is 79.9. The molecule has 6 aromatic rings. The lowest BCUT2D eigenvalue weighted by Gasteiger charge is -2.22. The van der Waals surface area contributed by atoms with Crippen molar-refractivity contribution in [2.24, 2.45) is 0 Å². The van der Waals surface area contributed by atoms with E-state index < -0.39 is 38.7 Å². The summed E-state index contributed by atoms with van der Waals surface area (Å²) in [5.74, 6) is -1.91. The van der Waals surface area contributed by atoms with Gasteiger partial charge < -0.3 is 62.2 Å². The molecule has 0 aromatic heterocycles. The molecular formula is C64H70Br3N3O22S2-2. The van der Waals surface area contributed by atoms with E-state index in [2.05, 4.69) is 66.4 Å². The summed E-state index contributed by atoms with van der Waals surface area (Å²) >= 11 is 9.86. The number of halogens is 3. The predicted molar refractivity (Wildman–Crippen MR) is 358 cm³/mol. The molecule has 0 saturated heterocycles. The lowest BCUT2D eigenvalue weighted by molar-refractivity contribution is -0.139.